The standard InChI is InChI=1S/C16H24O3/c1-9(2)16(18)19-8-15-13-6-12(14(15)7-17)10-4-3-5-11(10)13/h10-15,17H,1,3-8H2,2H3/t10?,11?,12-,13+,14?,15?/m0/s1. The van der Waals surface area contributed by atoms with Crippen LogP contribution in [0, 0.1) is 35.5 Å². The molecule has 3 rings (SSSR count). The summed E-state index contributed by atoms with van der Waals surface area (Å²) in [7, 11) is 0. The van der Waals surface area contributed by atoms with Crippen LogP contribution < -0.4 is 0 Å². The highest BCUT2D eigenvalue weighted by molar-refractivity contribution is 5.86. The van der Waals surface area contributed by atoms with E-state index < -0.39 is 0 Å². The summed E-state index contributed by atoms with van der Waals surface area (Å²) in [6, 6.07) is 0. The molecule has 0 radical (unpaired) electrons. The van der Waals surface area contributed by atoms with Crippen molar-refractivity contribution in [1.82, 2.24) is 0 Å². The molecule has 6 atom stereocenters. The highest BCUT2D eigenvalue weighted by Crippen LogP contribution is 2.63. The van der Waals surface area contributed by atoms with Crippen molar-refractivity contribution in [1.29, 1.82) is 0 Å². The largest absolute Gasteiger partial charge is 0.462 e. The number of aliphatic hydroxyl groups excluding tert-OH is 1. The van der Waals surface area contributed by atoms with E-state index >= 15 is 0 Å². The normalized spacial score (nSPS) is 43.3. The van der Waals surface area contributed by atoms with Crippen molar-refractivity contribution in [2.45, 2.75) is 32.6 Å². The van der Waals surface area contributed by atoms with E-state index in [9.17, 15) is 9.90 Å². The number of aliphatic hydroxyl groups is 1. The molecule has 3 aliphatic carbocycles. The number of rotatable bonds is 4. The molecular formula is C16H24O3. The topological polar surface area (TPSA) is 46.5 Å². The SMILES string of the molecule is C=C(C)C(=O)OCC1C(CO)[C@H]2C[C@@H]1C1CCCC12. The smallest absolute Gasteiger partial charge is 0.333 e. The van der Waals surface area contributed by atoms with Gasteiger partial charge in [-0.15, -0.1) is 0 Å². The first-order valence-corrected chi connectivity index (χ1v) is 7.57. The predicted molar refractivity (Wildman–Crippen MR) is 72.3 cm³/mol. The molecule has 0 aromatic carbocycles. The van der Waals surface area contributed by atoms with Crippen molar-refractivity contribution >= 4 is 5.97 Å². The molecule has 3 heteroatoms. The Kier molecular flexibility index (Phi) is 3.42. The van der Waals surface area contributed by atoms with Crippen molar-refractivity contribution < 1.29 is 14.6 Å². The Bertz CT molecular complexity index is 389. The van der Waals surface area contributed by atoms with Crippen molar-refractivity contribution in [3.63, 3.8) is 0 Å². The second-order valence-corrected chi connectivity index (χ2v) is 6.71. The molecule has 1 N–H and O–H groups in total. The van der Waals surface area contributed by atoms with Crippen molar-refractivity contribution in [2.24, 2.45) is 35.5 Å². The average Bonchev–Trinajstić information content (AvgIpc) is 3.05. The molecule has 4 unspecified atom stereocenters. The number of hydrogen-bond acceptors (Lipinski definition) is 3. The molecule has 3 nitrogen and oxygen atoms in total. The summed E-state index contributed by atoms with van der Waals surface area (Å²) in [4.78, 5) is 11.5. The third-order valence-electron chi connectivity index (χ3n) is 5.89. The molecule has 2 bridgehead atoms. The monoisotopic (exact) mass is 264 g/mol. The Morgan fingerprint density at radius 3 is 2.42 bits per heavy atom. The fourth-order valence-corrected chi connectivity index (χ4v) is 5.18. The lowest BCUT2D eigenvalue weighted by Gasteiger charge is -2.37. The van der Waals surface area contributed by atoms with Gasteiger partial charge in [0.15, 0.2) is 0 Å². The first-order valence-electron chi connectivity index (χ1n) is 7.57. The van der Waals surface area contributed by atoms with Gasteiger partial charge in [0.25, 0.3) is 0 Å². The first kappa shape index (κ1) is 13.2. The number of carbonyl (C=O) groups excluding carboxylic acids is 1. The zero-order chi connectivity index (χ0) is 13.6. The third kappa shape index (κ3) is 2.03. The molecule has 0 amide bonds. The van der Waals surface area contributed by atoms with Gasteiger partial charge in [0.05, 0.1) is 6.61 Å². The molecule has 3 aliphatic rings. The van der Waals surface area contributed by atoms with E-state index in [-0.39, 0.29) is 12.6 Å². The van der Waals surface area contributed by atoms with Crippen molar-refractivity contribution in [3.8, 4) is 0 Å². The van der Waals surface area contributed by atoms with E-state index in [0.717, 1.165) is 11.8 Å². The highest BCUT2D eigenvalue weighted by atomic mass is 16.5. The van der Waals surface area contributed by atoms with Gasteiger partial charge in [0.2, 0.25) is 0 Å². The summed E-state index contributed by atoms with van der Waals surface area (Å²) in [5, 5.41) is 9.69. The zero-order valence-corrected chi connectivity index (χ0v) is 11.7. The second kappa shape index (κ2) is 4.93. The van der Waals surface area contributed by atoms with Crippen LogP contribution in [0.2, 0.25) is 0 Å². The molecule has 0 spiro atoms. The van der Waals surface area contributed by atoms with Gasteiger partial charge in [-0.3, -0.25) is 0 Å². The van der Waals surface area contributed by atoms with Crippen LogP contribution in [-0.2, 0) is 9.53 Å². The zero-order valence-electron chi connectivity index (χ0n) is 11.7. The molecular weight excluding hydrogens is 240 g/mol. The van der Waals surface area contributed by atoms with Gasteiger partial charge in [-0.25, -0.2) is 4.79 Å². The number of carbonyl (C=O) groups is 1. The highest BCUT2D eigenvalue weighted by Gasteiger charge is 2.58. The maximum atomic E-state index is 11.5. The minimum Gasteiger partial charge on any atom is -0.462 e. The summed E-state index contributed by atoms with van der Waals surface area (Å²) >= 11 is 0. The van der Waals surface area contributed by atoms with Crippen LogP contribution >= 0.6 is 0 Å². The number of fused-ring (bicyclic) bond motifs is 5. The van der Waals surface area contributed by atoms with Crippen LogP contribution in [0.15, 0.2) is 12.2 Å². The van der Waals surface area contributed by atoms with Gasteiger partial charge >= 0.3 is 5.97 Å². The van der Waals surface area contributed by atoms with E-state index in [1.807, 2.05) is 0 Å². The lowest BCUT2D eigenvalue weighted by molar-refractivity contribution is -0.142. The van der Waals surface area contributed by atoms with Crippen LogP contribution in [0.5, 0.6) is 0 Å². The quantitative estimate of drug-likeness (QED) is 0.626. The Balaban J connectivity index is 1.67. The van der Waals surface area contributed by atoms with Crippen molar-refractivity contribution in [2.75, 3.05) is 13.2 Å². The van der Waals surface area contributed by atoms with Crippen LogP contribution in [0.3, 0.4) is 0 Å². The lowest BCUT2D eigenvalue weighted by atomic mass is 9.70. The Labute approximate surface area is 115 Å². The van der Waals surface area contributed by atoms with Gasteiger partial charge in [0, 0.05) is 18.1 Å². The van der Waals surface area contributed by atoms with Gasteiger partial charge in [-0.05, 0) is 55.8 Å². The van der Waals surface area contributed by atoms with E-state index in [2.05, 4.69) is 6.58 Å². The predicted octanol–water partition coefficient (Wildman–Crippen LogP) is 2.40. The number of ether oxygens (including phenoxy) is 1. The summed E-state index contributed by atoms with van der Waals surface area (Å²) in [6.07, 6.45) is 5.28. The molecule has 106 valence electrons. The van der Waals surface area contributed by atoms with E-state index in [1.165, 1.54) is 25.7 Å². The van der Waals surface area contributed by atoms with Gasteiger partial charge < -0.3 is 9.84 Å². The summed E-state index contributed by atoms with van der Waals surface area (Å²) in [5.41, 5.74) is 0.461. The fourth-order valence-electron chi connectivity index (χ4n) is 5.18. The maximum Gasteiger partial charge on any atom is 0.333 e. The molecule has 0 saturated heterocycles. The molecule has 3 saturated carbocycles. The Morgan fingerprint density at radius 2 is 1.84 bits per heavy atom. The summed E-state index contributed by atoms with van der Waals surface area (Å²) in [6.45, 7) is 6.02. The molecule has 0 aliphatic heterocycles. The molecule has 3 fully saturated rings. The second-order valence-electron chi connectivity index (χ2n) is 6.71. The summed E-state index contributed by atoms with van der Waals surface area (Å²) < 4.78 is 5.37. The summed E-state index contributed by atoms with van der Waals surface area (Å²) in [5.74, 6) is 3.46. The molecule has 19 heavy (non-hydrogen) atoms. The Morgan fingerprint density at radius 1 is 1.21 bits per heavy atom. The van der Waals surface area contributed by atoms with Gasteiger partial charge in [-0.2, -0.15) is 0 Å². The minimum atomic E-state index is -0.289. The van der Waals surface area contributed by atoms with E-state index in [4.69, 9.17) is 4.74 Å². The maximum absolute atomic E-state index is 11.5. The average molecular weight is 264 g/mol. The third-order valence-corrected chi connectivity index (χ3v) is 5.89. The van der Waals surface area contributed by atoms with Crippen molar-refractivity contribution in [3.05, 3.63) is 12.2 Å². The van der Waals surface area contributed by atoms with E-state index in [1.54, 1.807) is 6.92 Å². The van der Waals surface area contributed by atoms with Crippen LogP contribution in [0.25, 0.3) is 0 Å². The Hall–Kier alpha value is -0.830. The van der Waals surface area contributed by atoms with Crippen LogP contribution in [0.1, 0.15) is 32.6 Å². The van der Waals surface area contributed by atoms with Crippen LogP contribution in [0.4, 0.5) is 0 Å². The minimum absolute atomic E-state index is 0.250. The van der Waals surface area contributed by atoms with Gasteiger partial charge in [0.1, 0.15) is 0 Å². The number of esters is 1. The van der Waals surface area contributed by atoms with E-state index in [0.29, 0.717) is 35.9 Å². The first-order chi connectivity index (χ1) is 9.13. The fraction of sp³-hybridized carbons (Fsp3) is 0.812. The lowest BCUT2D eigenvalue weighted by Crippen LogP contribution is -2.37. The molecule has 0 heterocycles. The number of hydrogen-bond donors (Lipinski definition) is 1. The molecule has 0 aromatic heterocycles. The molecule has 0 aromatic rings. The van der Waals surface area contributed by atoms with Gasteiger partial charge in [-0.1, -0.05) is 13.0 Å². The van der Waals surface area contributed by atoms with Crippen LogP contribution in [-0.4, -0.2) is 24.3 Å².